The number of carbonyl (C=O) groups excluding carboxylic acids is 1. The summed E-state index contributed by atoms with van der Waals surface area (Å²) in [4.78, 5) is 12.2. The fraction of sp³-hybridized carbons (Fsp3) is 0.211. The molecule has 4 nitrogen and oxygen atoms in total. The molecule has 130 valence electrons. The number of hydrogen-bond acceptors (Lipinski definition) is 3. The van der Waals surface area contributed by atoms with E-state index >= 15 is 0 Å². The molecule has 1 N–H and O–H groups in total. The molecule has 6 heteroatoms. The van der Waals surface area contributed by atoms with Crippen molar-refractivity contribution in [2.75, 3.05) is 6.61 Å². The molecule has 0 spiro atoms. The number of carbonyl (C=O) groups is 1. The molecule has 0 aliphatic rings. The van der Waals surface area contributed by atoms with Crippen LogP contribution >= 0.6 is 0 Å². The maximum Gasteiger partial charge on any atom is 0.251 e. The van der Waals surface area contributed by atoms with Crippen molar-refractivity contribution in [3.8, 4) is 5.75 Å². The molecular weight excluding hydrogens is 328 g/mol. The van der Waals surface area contributed by atoms with E-state index in [0.29, 0.717) is 23.7 Å². The lowest BCUT2D eigenvalue weighted by Gasteiger charge is -2.11. The molecule has 1 atom stereocenters. The average molecular weight is 345 g/mol. The Morgan fingerprint density at radius 2 is 2.00 bits per heavy atom. The molecule has 1 heterocycles. The van der Waals surface area contributed by atoms with E-state index in [-0.39, 0.29) is 5.56 Å². The lowest BCUT2D eigenvalue weighted by atomic mass is 10.1. The van der Waals surface area contributed by atoms with Crippen LogP contribution in [0, 0.1) is 11.6 Å². The van der Waals surface area contributed by atoms with Crippen molar-refractivity contribution in [3.05, 3.63) is 65.4 Å². The van der Waals surface area contributed by atoms with Crippen LogP contribution < -0.4 is 10.1 Å². The number of ether oxygens (including phenoxy) is 1. The molecular formula is C19H17F2NO3. The maximum absolute atomic E-state index is 13.3. The molecule has 0 radical (unpaired) electrons. The predicted molar refractivity (Wildman–Crippen MR) is 89.6 cm³/mol. The van der Waals surface area contributed by atoms with Crippen LogP contribution in [0.25, 0.3) is 11.0 Å². The molecule has 0 aliphatic heterocycles. The summed E-state index contributed by atoms with van der Waals surface area (Å²) in [6, 6.07) is 9.92. The highest BCUT2D eigenvalue weighted by Gasteiger charge is 2.18. The molecule has 25 heavy (non-hydrogen) atoms. The predicted octanol–water partition coefficient (Wildman–Crippen LogP) is 4.60. The summed E-state index contributed by atoms with van der Waals surface area (Å²) in [7, 11) is 0. The Balaban J connectivity index is 1.82. The van der Waals surface area contributed by atoms with Crippen molar-refractivity contribution >= 4 is 16.9 Å². The lowest BCUT2D eigenvalue weighted by Crippen LogP contribution is -2.26. The average Bonchev–Trinajstić information content (AvgIpc) is 3.03. The molecule has 0 aliphatic carbocycles. The van der Waals surface area contributed by atoms with Crippen molar-refractivity contribution in [2.45, 2.75) is 19.9 Å². The standard InChI is InChI=1S/C19H17F2NO3/c1-3-24-16-6-4-5-12-10-17(25-18(12)16)11(2)22-19(23)13-7-8-14(20)15(21)9-13/h4-11H,3H2,1-2H3,(H,22,23). The van der Waals surface area contributed by atoms with Crippen molar-refractivity contribution in [1.29, 1.82) is 0 Å². The van der Waals surface area contributed by atoms with Crippen molar-refractivity contribution in [3.63, 3.8) is 0 Å². The van der Waals surface area contributed by atoms with Gasteiger partial charge in [-0.15, -0.1) is 0 Å². The van der Waals surface area contributed by atoms with Crippen molar-refractivity contribution < 1.29 is 22.7 Å². The molecule has 0 saturated heterocycles. The topological polar surface area (TPSA) is 51.5 Å². The Hall–Kier alpha value is -2.89. The number of fused-ring (bicyclic) bond motifs is 1. The molecule has 1 unspecified atom stereocenters. The zero-order chi connectivity index (χ0) is 18.0. The van der Waals surface area contributed by atoms with Gasteiger partial charge in [-0.1, -0.05) is 12.1 Å². The number of rotatable bonds is 5. The first-order chi connectivity index (χ1) is 12.0. The minimum Gasteiger partial charge on any atom is -0.490 e. The molecule has 3 aromatic rings. The highest BCUT2D eigenvalue weighted by atomic mass is 19.2. The fourth-order valence-electron chi connectivity index (χ4n) is 2.53. The van der Waals surface area contributed by atoms with Crippen LogP contribution in [-0.4, -0.2) is 12.5 Å². The zero-order valence-corrected chi connectivity index (χ0v) is 13.8. The fourth-order valence-corrected chi connectivity index (χ4v) is 2.53. The number of nitrogens with one attached hydrogen (secondary N) is 1. The SMILES string of the molecule is CCOc1cccc2cc(C(C)NC(=O)c3ccc(F)c(F)c3)oc12. The Kier molecular flexibility index (Phi) is 4.70. The van der Waals surface area contributed by atoms with Crippen LogP contribution in [0.15, 0.2) is 46.9 Å². The largest absolute Gasteiger partial charge is 0.490 e. The highest BCUT2D eigenvalue weighted by molar-refractivity contribution is 5.94. The third kappa shape index (κ3) is 3.47. The second-order valence-corrected chi connectivity index (χ2v) is 5.58. The summed E-state index contributed by atoms with van der Waals surface area (Å²) < 4.78 is 37.6. The summed E-state index contributed by atoms with van der Waals surface area (Å²) in [5, 5.41) is 3.57. The van der Waals surface area contributed by atoms with Crippen molar-refractivity contribution in [2.24, 2.45) is 0 Å². The van der Waals surface area contributed by atoms with Gasteiger partial charge < -0.3 is 14.5 Å². The van der Waals surface area contributed by atoms with Crippen LogP contribution in [0.3, 0.4) is 0 Å². The first kappa shape index (κ1) is 17.0. The van der Waals surface area contributed by atoms with Gasteiger partial charge in [0.15, 0.2) is 23.0 Å². The monoisotopic (exact) mass is 345 g/mol. The van der Waals surface area contributed by atoms with E-state index in [1.165, 1.54) is 6.07 Å². The van der Waals surface area contributed by atoms with E-state index in [1.54, 1.807) is 6.92 Å². The van der Waals surface area contributed by atoms with Gasteiger partial charge in [0.25, 0.3) is 5.91 Å². The van der Waals surface area contributed by atoms with Crippen LogP contribution in [-0.2, 0) is 0 Å². The normalized spacial score (nSPS) is 12.2. The first-order valence-electron chi connectivity index (χ1n) is 7.90. The summed E-state index contributed by atoms with van der Waals surface area (Å²) >= 11 is 0. The van der Waals surface area contributed by atoms with Gasteiger partial charge in [0, 0.05) is 10.9 Å². The minimum absolute atomic E-state index is 0.0388. The van der Waals surface area contributed by atoms with Crippen LogP contribution in [0.1, 0.15) is 36.0 Å². The van der Waals surface area contributed by atoms with E-state index in [9.17, 15) is 13.6 Å². The van der Waals surface area contributed by atoms with Gasteiger partial charge in [0.2, 0.25) is 0 Å². The molecule has 3 rings (SSSR count). The molecule has 0 saturated carbocycles. The highest BCUT2D eigenvalue weighted by Crippen LogP contribution is 2.31. The van der Waals surface area contributed by atoms with Gasteiger partial charge in [-0.2, -0.15) is 0 Å². The quantitative estimate of drug-likeness (QED) is 0.735. The maximum atomic E-state index is 13.3. The van der Waals surface area contributed by atoms with E-state index in [4.69, 9.17) is 9.15 Å². The van der Waals surface area contributed by atoms with E-state index in [2.05, 4.69) is 5.32 Å². The van der Waals surface area contributed by atoms with E-state index in [0.717, 1.165) is 17.5 Å². The second-order valence-electron chi connectivity index (χ2n) is 5.58. The van der Waals surface area contributed by atoms with E-state index < -0.39 is 23.6 Å². The van der Waals surface area contributed by atoms with Gasteiger partial charge in [-0.25, -0.2) is 8.78 Å². The first-order valence-corrected chi connectivity index (χ1v) is 7.90. The minimum atomic E-state index is -1.06. The smallest absolute Gasteiger partial charge is 0.251 e. The van der Waals surface area contributed by atoms with Crippen LogP contribution in [0.2, 0.25) is 0 Å². The van der Waals surface area contributed by atoms with Gasteiger partial charge >= 0.3 is 0 Å². The van der Waals surface area contributed by atoms with Crippen LogP contribution in [0.4, 0.5) is 8.78 Å². The molecule has 1 amide bonds. The summed E-state index contributed by atoms with van der Waals surface area (Å²) in [6.07, 6.45) is 0. The van der Waals surface area contributed by atoms with Gasteiger partial charge in [-0.05, 0) is 44.2 Å². The Morgan fingerprint density at radius 1 is 1.20 bits per heavy atom. The van der Waals surface area contributed by atoms with Gasteiger partial charge in [-0.3, -0.25) is 4.79 Å². The molecule has 0 fully saturated rings. The zero-order valence-electron chi connectivity index (χ0n) is 13.8. The van der Waals surface area contributed by atoms with Gasteiger partial charge in [0.1, 0.15) is 5.76 Å². The summed E-state index contributed by atoms with van der Waals surface area (Å²) in [5.41, 5.74) is 0.644. The summed E-state index contributed by atoms with van der Waals surface area (Å²) in [6.45, 7) is 4.14. The van der Waals surface area contributed by atoms with E-state index in [1.807, 2.05) is 31.2 Å². The number of furan rings is 1. The number of benzene rings is 2. The lowest BCUT2D eigenvalue weighted by molar-refractivity contribution is 0.0935. The molecule has 1 aromatic heterocycles. The van der Waals surface area contributed by atoms with Gasteiger partial charge in [0.05, 0.1) is 12.6 Å². The second kappa shape index (κ2) is 6.93. The summed E-state index contributed by atoms with van der Waals surface area (Å²) in [5.74, 6) is -1.41. The van der Waals surface area contributed by atoms with Crippen molar-refractivity contribution in [1.82, 2.24) is 5.32 Å². The van der Waals surface area contributed by atoms with Crippen LogP contribution in [0.5, 0.6) is 5.75 Å². The Labute approximate surface area is 143 Å². The third-order valence-electron chi connectivity index (χ3n) is 3.78. The molecule has 2 aromatic carbocycles. The third-order valence-corrected chi connectivity index (χ3v) is 3.78. The number of halogens is 2. The Bertz CT molecular complexity index is 920. The molecule has 0 bridgehead atoms. The number of amides is 1. The number of hydrogen-bond donors (Lipinski definition) is 1. The Morgan fingerprint density at radius 3 is 2.72 bits per heavy atom. The number of para-hydroxylation sites is 1.